The van der Waals surface area contributed by atoms with Crippen LogP contribution in [0.15, 0.2) is 10.9 Å². The summed E-state index contributed by atoms with van der Waals surface area (Å²) in [5.74, 6) is 5.15. The van der Waals surface area contributed by atoms with Crippen LogP contribution in [0.4, 0.5) is 5.95 Å². The third-order valence-electron chi connectivity index (χ3n) is 0.490. The van der Waals surface area contributed by atoms with E-state index in [9.17, 15) is 0 Å². The molecule has 38 valence electrons. The van der Waals surface area contributed by atoms with Crippen molar-refractivity contribution in [1.29, 1.82) is 0 Å². The van der Waals surface area contributed by atoms with Crippen molar-refractivity contribution in [2.75, 3.05) is 5.43 Å². The van der Waals surface area contributed by atoms with Gasteiger partial charge in [0.05, 0.1) is 0 Å². The zero-order chi connectivity index (χ0) is 5.11. The molecule has 1 aromatic heterocycles. The topological polar surface area (TPSA) is 77.0 Å². The van der Waals surface area contributed by atoms with Crippen LogP contribution in [0, 0.1) is 0 Å². The van der Waals surface area contributed by atoms with Crippen LogP contribution in [0.1, 0.15) is 0 Å². The zero-order valence-corrected chi connectivity index (χ0v) is 3.46. The van der Waals surface area contributed by atoms with Crippen molar-refractivity contribution < 1.29 is 4.52 Å². The van der Waals surface area contributed by atoms with Crippen molar-refractivity contribution >= 4 is 5.95 Å². The number of hydrogen-bond acceptors (Lipinski definition) is 5. The van der Waals surface area contributed by atoms with E-state index in [1.54, 1.807) is 0 Å². The lowest BCUT2D eigenvalue weighted by atomic mass is 11.1. The standard InChI is InChI=1S/C2H4N4O/c3-5-2-4-1-7-6-2/h1H,3H2,(H,5,6). The van der Waals surface area contributed by atoms with E-state index in [0.717, 1.165) is 0 Å². The number of rotatable bonds is 1. The molecule has 7 heavy (non-hydrogen) atoms. The third kappa shape index (κ3) is 0.660. The lowest BCUT2D eigenvalue weighted by molar-refractivity contribution is 0.419. The Labute approximate surface area is 39.5 Å². The van der Waals surface area contributed by atoms with E-state index >= 15 is 0 Å². The second kappa shape index (κ2) is 1.57. The van der Waals surface area contributed by atoms with E-state index in [1.165, 1.54) is 6.39 Å². The van der Waals surface area contributed by atoms with E-state index in [0.29, 0.717) is 5.95 Å². The first kappa shape index (κ1) is 4.07. The Kier molecular flexibility index (Phi) is 0.910. The van der Waals surface area contributed by atoms with Gasteiger partial charge in [0.15, 0.2) is 0 Å². The SMILES string of the molecule is NNc1ncon1. The minimum absolute atomic E-state index is 0.292. The number of nitrogen functional groups attached to an aromatic ring is 1. The number of aromatic nitrogens is 2. The summed E-state index contributed by atoms with van der Waals surface area (Å²) in [6, 6.07) is 0. The number of hydrazine groups is 1. The third-order valence-corrected chi connectivity index (χ3v) is 0.490. The fourth-order valence-corrected chi connectivity index (χ4v) is 0.234. The first-order valence-electron chi connectivity index (χ1n) is 1.66. The molecule has 0 unspecified atom stereocenters. The normalized spacial score (nSPS) is 8.71. The Bertz CT molecular complexity index is 124. The summed E-state index contributed by atoms with van der Waals surface area (Å²) in [6.45, 7) is 0. The van der Waals surface area contributed by atoms with Crippen molar-refractivity contribution in [1.82, 2.24) is 10.1 Å². The van der Waals surface area contributed by atoms with Gasteiger partial charge in [0.2, 0.25) is 6.39 Å². The highest BCUT2D eigenvalue weighted by Crippen LogP contribution is 1.87. The molecule has 0 bridgehead atoms. The molecule has 5 nitrogen and oxygen atoms in total. The van der Waals surface area contributed by atoms with Crippen molar-refractivity contribution in [3.8, 4) is 0 Å². The lowest BCUT2D eigenvalue weighted by Gasteiger charge is -1.80. The Balaban J connectivity index is 2.76. The fourth-order valence-electron chi connectivity index (χ4n) is 0.234. The van der Waals surface area contributed by atoms with Crippen LogP contribution >= 0.6 is 0 Å². The highest BCUT2D eigenvalue weighted by molar-refractivity contribution is 5.15. The Morgan fingerprint density at radius 3 is 3.00 bits per heavy atom. The summed E-state index contributed by atoms with van der Waals surface area (Å²) in [4.78, 5) is 3.52. The number of nitrogens with zero attached hydrogens (tertiary/aromatic N) is 2. The molecule has 0 radical (unpaired) electrons. The van der Waals surface area contributed by atoms with Crippen LogP contribution in [0.2, 0.25) is 0 Å². The number of nitrogens with one attached hydrogen (secondary N) is 1. The van der Waals surface area contributed by atoms with Crippen molar-refractivity contribution in [2.45, 2.75) is 0 Å². The molecular weight excluding hydrogens is 96.0 g/mol. The highest BCUT2D eigenvalue weighted by atomic mass is 16.5. The van der Waals surface area contributed by atoms with E-state index in [-0.39, 0.29) is 0 Å². The first-order valence-corrected chi connectivity index (χ1v) is 1.66. The van der Waals surface area contributed by atoms with E-state index in [1.807, 2.05) is 0 Å². The van der Waals surface area contributed by atoms with Gasteiger partial charge in [-0.3, -0.25) is 5.43 Å². The second-order valence-corrected chi connectivity index (χ2v) is 0.899. The fraction of sp³-hybridized carbons (Fsp3) is 0. The first-order chi connectivity index (χ1) is 3.43. The molecule has 0 atom stereocenters. The van der Waals surface area contributed by atoms with Gasteiger partial charge >= 0.3 is 0 Å². The average molecular weight is 100 g/mol. The molecule has 0 saturated heterocycles. The van der Waals surface area contributed by atoms with Gasteiger partial charge in [-0.05, 0) is 5.16 Å². The minimum atomic E-state index is 0.292. The maximum atomic E-state index is 4.86. The molecule has 0 aliphatic heterocycles. The molecule has 5 heteroatoms. The van der Waals surface area contributed by atoms with Gasteiger partial charge in [-0.1, -0.05) is 0 Å². The number of nitrogens with two attached hydrogens (primary N) is 1. The van der Waals surface area contributed by atoms with E-state index < -0.39 is 0 Å². The molecule has 0 spiro atoms. The summed E-state index contributed by atoms with van der Waals surface area (Å²) >= 11 is 0. The molecule has 1 heterocycles. The Morgan fingerprint density at radius 1 is 1.86 bits per heavy atom. The van der Waals surface area contributed by atoms with Crippen LogP contribution in [-0.4, -0.2) is 10.1 Å². The van der Waals surface area contributed by atoms with Gasteiger partial charge in [-0.15, -0.1) is 0 Å². The van der Waals surface area contributed by atoms with Gasteiger partial charge in [-0.2, -0.15) is 4.98 Å². The van der Waals surface area contributed by atoms with Gasteiger partial charge < -0.3 is 4.52 Å². The Hall–Kier alpha value is -1.10. The lowest BCUT2D eigenvalue weighted by Crippen LogP contribution is -2.07. The largest absolute Gasteiger partial charge is 0.341 e. The molecule has 0 amide bonds. The predicted octanol–water partition coefficient (Wildman–Crippen LogP) is -0.645. The molecule has 3 N–H and O–H groups in total. The highest BCUT2D eigenvalue weighted by Gasteiger charge is 1.86. The van der Waals surface area contributed by atoms with Gasteiger partial charge in [-0.25, -0.2) is 5.84 Å². The van der Waals surface area contributed by atoms with Gasteiger partial charge in [0, 0.05) is 0 Å². The maximum Gasteiger partial charge on any atom is 0.277 e. The van der Waals surface area contributed by atoms with Crippen LogP contribution < -0.4 is 11.3 Å². The van der Waals surface area contributed by atoms with Crippen LogP contribution in [-0.2, 0) is 0 Å². The number of hydrogen-bond donors (Lipinski definition) is 2. The smallest absolute Gasteiger partial charge is 0.277 e. The summed E-state index contributed by atoms with van der Waals surface area (Å²) in [5, 5.41) is 3.31. The Morgan fingerprint density at radius 2 is 2.71 bits per heavy atom. The zero-order valence-electron chi connectivity index (χ0n) is 3.46. The van der Waals surface area contributed by atoms with E-state index in [4.69, 9.17) is 5.84 Å². The quantitative estimate of drug-likeness (QED) is 0.362. The van der Waals surface area contributed by atoms with Gasteiger partial charge in [0.25, 0.3) is 5.95 Å². The average Bonchev–Trinajstić information content (AvgIpc) is 2.14. The van der Waals surface area contributed by atoms with Crippen LogP contribution in [0.5, 0.6) is 0 Å². The maximum absolute atomic E-state index is 4.86. The summed E-state index contributed by atoms with van der Waals surface area (Å²) in [5.41, 5.74) is 2.19. The molecule has 1 aromatic rings. The van der Waals surface area contributed by atoms with Crippen molar-refractivity contribution in [3.05, 3.63) is 6.39 Å². The summed E-state index contributed by atoms with van der Waals surface area (Å²) in [7, 11) is 0. The van der Waals surface area contributed by atoms with Crippen LogP contribution in [0.3, 0.4) is 0 Å². The molecule has 0 aliphatic rings. The summed E-state index contributed by atoms with van der Waals surface area (Å²) in [6.07, 6.45) is 1.19. The predicted molar refractivity (Wildman–Crippen MR) is 22.1 cm³/mol. The van der Waals surface area contributed by atoms with Gasteiger partial charge in [0.1, 0.15) is 0 Å². The van der Waals surface area contributed by atoms with Crippen molar-refractivity contribution in [2.24, 2.45) is 5.84 Å². The molecule has 0 aliphatic carbocycles. The summed E-state index contributed by atoms with van der Waals surface area (Å²) < 4.78 is 4.30. The molecule has 0 fully saturated rings. The monoisotopic (exact) mass is 100 g/mol. The molecule has 0 saturated carbocycles. The second-order valence-electron chi connectivity index (χ2n) is 0.899. The van der Waals surface area contributed by atoms with Crippen molar-refractivity contribution in [3.63, 3.8) is 0 Å². The minimum Gasteiger partial charge on any atom is -0.341 e. The van der Waals surface area contributed by atoms with E-state index in [2.05, 4.69) is 20.1 Å². The molecule has 1 rings (SSSR count). The number of anilines is 1. The molecule has 0 aromatic carbocycles. The molecular formula is C2H4N4O. The van der Waals surface area contributed by atoms with Crippen LogP contribution in [0.25, 0.3) is 0 Å².